The van der Waals surface area contributed by atoms with Crippen molar-refractivity contribution in [2.45, 2.75) is 13.3 Å². The number of esters is 1. The third-order valence-electron chi connectivity index (χ3n) is 2.67. The highest BCUT2D eigenvalue weighted by Crippen LogP contribution is 2.29. The Labute approximate surface area is 140 Å². The number of hydrogen-bond acceptors (Lipinski definition) is 3. The molecule has 0 fully saturated rings. The van der Waals surface area contributed by atoms with Gasteiger partial charge in [-0.25, -0.2) is 4.79 Å². The SMILES string of the molecule is CCCOc1ccccc1C(=O)Oc1ccc(Br)cc1Br. The van der Waals surface area contributed by atoms with Crippen LogP contribution in [-0.4, -0.2) is 12.6 Å². The Morgan fingerprint density at radius 3 is 2.57 bits per heavy atom. The molecule has 110 valence electrons. The second-order valence-corrected chi connectivity index (χ2v) is 6.08. The molecule has 3 nitrogen and oxygen atoms in total. The molecular weight excluding hydrogens is 400 g/mol. The maximum absolute atomic E-state index is 12.3. The summed E-state index contributed by atoms with van der Waals surface area (Å²) in [4.78, 5) is 12.3. The fourth-order valence-electron chi connectivity index (χ4n) is 1.69. The molecule has 0 atom stereocenters. The first-order chi connectivity index (χ1) is 10.1. The van der Waals surface area contributed by atoms with Gasteiger partial charge < -0.3 is 9.47 Å². The van der Waals surface area contributed by atoms with Crippen molar-refractivity contribution in [1.82, 2.24) is 0 Å². The van der Waals surface area contributed by atoms with Gasteiger partial charge in [0.2, 0.25) is 0 Å². The molecule has 0 aliphatic carbocycles. The summed E-state index contributed by atoms with van der Waals surface area (Å²) in [6, 6.07) is 12.4. The van der Waals surface area contributed by atoms with E-state index in [4.69, 9.17) is 9.47 Å². The molecule has 0 aliphatic rings. The van der Waals surface area contributed by atoms with Crippen LogP contribution in [0.5, 0.6) is 11.5 Å². The Morgan fingerprint density at radius 2 is 1.86 bits per heavy atom. The van der Waals surface area contributed by atoms with Gasteiger partial charge in [0.05, 0.1) is 11.1 Å². The molecule has 21 heavy (non-hydrogen) atoms. The highest BCUT2D eigenvalue weighted by molar-refractivity contribution is 9.11. The van der Waals surface area contributed by atoms with E-state index in [0.29, 0.717) is 28.1 Å². The van der Waals surface area contributed by atoms with Crippen LogP contribution < -0.4 is 9.47 Å². The zero-order valence-corrected chi connectivity index (χ0v) is 14.6. The molecule has 0 bridgehead atoms. The van der Waals surface area contributed by atoms with E-state index in [2.05, 4.69) is 31.9 Å². The van der Waals surface area contributed by atoms with Crippen molar-refractivity contribution in [3.05, 3.63) is 57.0 Å². The summed E-state index contributed by atoms with van der Waals surface area (Å²) in [5.41, 5.74) is 0.417. The average molecular weight is 414 g/mol. The standard InChI is InChI=1S/C16H14Br2O3/c1-2-9-20-14-6-4-3-5-12(14)16(19)21-15-8-7-11(17)10-13(15)18/h3-8,10H,2,9H2,1H3. The highest BCUT2D eigenvalue weighted by Gasteiger charge is 2.15. The van der Waals surface area contributed by atoms with Crippen LogP contribution in [0.3, 0.4) is 0 Å². The molecule has 0 heterocycles. The number of carbonyl (C=O) groups is 1. The summed E-state index contributed by atoms with van der Waals surface area (Å²) in [6.07, 6.45) is 0.877. The minimum absolute atomic E-state index is 0.417. The molecule has 0 amide bonds. The van der Waals surface area contributed by atoms with Gasteiger partial charge in [-0.15, -0.1) is 0 Å². The Kier molecular flexibility index (Phi) is 5.82. The van der Waals surface area contributed by atoms with Crippen molar-refractivity contribution in [3.8, 4) is 11.5 Å². The second-order valence-electron chi connectivity index (χ2n) is 4.31. The lowest BCUT2D eigenvalue weighted by atomic mass is 10.2. The largest absolute Gasteiger partial charge is 0.493 e. The molecule has 0 spiro atoms. The maximum atomic E-state index is 12.3. The van der Waals surface area contributed by atoms with Gasteiger partial charge >= 0.3 is 5.97 Å². The number of hydrogen-bond donors (Lipinski definition) is 0. The van der Waals surface area contributed by atoms with Gasteiger partial charge in [0, 0.05) is 4.47 Å². The molecule has 0 aromatic heterocycles. The summed E-state index contributed by atoms with van der Waals surface area (Å²) in [6.45, 7) is 2.58. The maximum Gasteiger partial charge on any atom is 0.347 e. The molecular formula is C16H14Br2O3. The van der Waals surface area contributed by atoms with E-state index in [1.165, 1.54) is 0 Å². The van der Waals surface area contributed by atoms with Crippen LogP contribution in [0.1, 0.15) is 23.7 Å². The van der Waals surface area contributed by atoms with E-state index in [0.717, 1.165) is 10.9 Å². The lowest BCUT2D eigenvalue weighted by molar-refractivity contribution is 0.0729. The topological polar surface area (TPSA) is 35.5 Å². The van der Waals surface area contributed by atoms with Gasteiger partial charge in [-0.1, -0.05) is 35.0 Å². The number of rotatable bonds is 5. The van der Waals surface area contributed by atoms with Gasteiger partial charge in [-0.05, 0) is 52.7 Å². The molecule has 2 rings (SSSR count). The number of ether oxygens (including phenoxy) is 2. The van der Waals surface area contributed by atoms with Gasteiger partial charge in [0.25, 0.3) is 0 Å². The van der Waals surface area contributed by atoms with Crippen LogP contribution >= 0.6 is 31.9 Å². The van der Waals surface area contributed by atoms with Gasteiger partial charge in [0.1, 0.15) is 17.1 Å². The monoisotopic (exact) mass is 412 g/mol. The molecule has 0 aliphatic heterocycles. The summed E-state index contributed by atoms with van der Waals surface area (Å²) >= 11 is 6.73. The Morgan fingerprint density at radius 1 is 1.10 bits per heavy atom. The second kappa shape index (κ2) is 7.61. The van der Waals surface area contributed by atoms with Crippen LogP contribution in [0.4, 0.5) is 0 Å². The molecule has 5 heteroatoms. The predicted octanol–water partition coefficient (Wildman–Crippen LogP) is 5.22. The van der Waals surface area contributed by atoms with Crippen molar-refractivity contribution in [2.24, 2.45) is 0 Å². The van der Waals surface area contributed by atoms with Crippen LogP contribution in [0.15, 0.2) is 51.4 Å². The van der Waals surface area contributed by atoms with Gasteiger partial charge in [0.15, 0.2) is 0 Å². The molecule has 2 aromatic carbocycles. The van der Waals surface area contributed by atoms with Crippen molar-refractivity contribution >= 4 is 37.8 Å². The zero-order chi connectivity index (χ0) is 15.2. The molecule has 0 radical (unpaired) electrons. The van der Waals surface area contributed by atoms with E-state index in [1.807, 2.05) is 25.1 Å². The predicted molar refractivity (Wildman–Crippen MR) is 89.0 cm³/mol. The molecule has 0 N–H and O–H groups in total. The Balaban J connectivity index is 2.20. The normalized spacial score (nSPS) is 10.2. The highest BCUT2D eigenvalue weighted by atomic mass is 79.9. The quantitative estimate of drug-likeness (QED) is 0.497. The fraction of sp³-hybridized carbons (Fsp3) is 0.188. The zero-order valence-electron chi connectivity index (χ0n) is 11.4. The van der Waals surface area contributed by atoms with Crippen molar-refractivity contribution in [3.63, 3.8) is 0 Å². The summed E-state index contributed by atoms with van der Waals surface area (Å²) in [5.74, 6) is 0.566. The van der Waals surface area contributed by atoms with Crippen LogP contribution in [0, 0.1) is 0 Å². The lowest BCUT2D eigenvalue weighted by Crippen LogP contribution is -2.11. The van der Waals surface area contributed by atoms with Gasteiger partial charge in [-0.3, -0.25) is 0 Å². The smallest absolute Gasteiger partial charge is 0.347 e. The van der Waals surface area contributed by atoms with E-state index >= 15 is 0 Å². The van der Waals surface area contributed by atoms with E-state index in [1.54, 1.807) is 24.3 Å². The van der Waals surface area contributed by atoms with E-state index < -0.39 is 5.97 Å². The summed E-state index contributed by atoms with van der Waals surface area (Å²) < 4.78 is 12.6. The van der Waals surface area contributed by atoms with E-state index in [-0.39, 0.29) is 0 Å². The third-order valence-corrected chi connectivity index (χ3v) is 3.78. The number of carbonyl (C=O) groups excluding carboxylic acids is 1. The van der Waals surface area contributed by atoms with Crippen LogP contribution in [0.2, 0.25) is 0 Å². The van der Waals surface area contributed by atoms with Crippen molar-refractivity contribution < 1.29 is 14.3 Å². The molecule has 0 saturated heterocycles. The average Bonchev–Trinajstić information content (AvgIpc) is 2.48. The molecule has 0 unspecified atom stereocenters. The summed E-state index contributed by atoms with van der Waals surface area (Å²) in [7, 11) is 0. The number of para-hydroxylation sites is 1. The first-order valence-corrected chi connectivity index (χ1v) is 8.09. The molecule has 0 saturated carbocycles. The summed E-state index contributed by atoms with van der Waals surface area (Å²) in [5, 5.41) is 0. The Bertz CT molecular complexity index is 641. The van der Waals surface area contributed by atoms with E-state index in [9.17, 15) is 4.79 Å². The first-order valence-electron chi connectivity index (χ1n) is 6.51. The van der Waals surface area contributed by atoms with Crippen molar-refractivity contribution in [2.75, 3.05) is 6.61 Å². The van der Waals surface area contributed by atoms with Crippen LogP contribution in [-0.2, 0) is 0 Å². The lowest BCUT2D eigenvalue weighted by Gasteiger charge is -2.11. The van der Waals surface area contributed by atoms with Crippen LogP contribution in [0.25, 0.3) is 0 Å². The number of benzene rings is 2. The minimum atomic E-state index is -0.440. The molecule has 2 aromatic rings. The number of halogens is 2. The fourth-order valence-corrected chi connectivity index (χ4v) is 2.81. The Hall–Kier alpha value is -1.33. The van der Waals surface area contributed by atoms with Crippen molar-refractivity contribution in [1.29, 1.82) is 0 Å². The van der Waals surface area contributed by atoms with Gasteiger partial charge in [-0.2, -0.15) is 0 Å². The minimum Gasteiger partial charge on any atom is -0.493 e. The first kappa shape index (κ1) is 16.0. The third kappa shape index (κ3) is 4.32.